The number of nitrogens with two attached hydrogens (primary N) is 1. The standard InChI is InChI=1S/C16H25N/c1-4-6-13-7-5-8-14(11-13)16(17)10-9-15(2,3)12-16/h5,7-8,11H,4,6,9-10,12,17H2,1-3H3. The Balaban J connectivity index is 2.25. The van der Waals surface area contributed by atoms with Gasteiger partial charge in [-0.05, 0) is 42.2 Å². The molecule has 0 saturated heterocycles. The highest BCUT2D eigenvalue weighted by Crippen LogP contribution is 2.47. The molecule has 0 radical (unpaired) electrons. The SMILES string of the molecule is CCCc1cccc(C2(N)CCC(C)(C)C2)c1. The number of aryl methyl sites for hydroxylation is 1. The molecule has 0 aromatic heterocycles. The summed E-state index contributed by atoms with van der Waals surface area (Å²) in [7, 11) is 0. The Morgan fingerprint density at radius 3 is 2.59 bits per heavy atom. The van der Waals surface area contributed by atoms with Crippen LogP contribution in [0.1, 0.15) is 57.6 Å². The van der Waals surface area contributed by atoms with Gasteiger partial charge in [0.2, 0.25) is 0 Å². The van der Waals surface area contributed by atoms with E-state index in [1.54, 1.807) is 0 Å². The third-order valence-corrected chi connectivity index (χ3v) is 4.08. The fourth-order valence-electron chi connectivity index (χ4n) is 3.16. The van der Waals surface area contributed by atoms with Crippen molar-refractivity contribution in [3.63, 3.8) is 0 Å². The first-order chi connectivity index (χ1) is 7.95. The van der Waals surface area contributed by atoms with Gasteiger partial charge in [0.05, 0.1) is 0 Å². The number of benzene rings is 1. The molecule has 94 valence electrons. The molecule has 1 atom stereocenters. The van der Waals surface area contributed by atoms with Crippen molar-refractivity contribution in [1.29, 1.82) is 0 Å². The first kappa shape index (κ1) is 12.6. The predicted octanol–water partition coefficient (Wildman–Crippen LogP) is 4.00. The highest BCUT2D eigenvalue weighted by atomic mass is 14.8. The van der Waals surface area contributed by atoms with Crippen LogP contribution in [0.5, 0.6) is 0 Å². The second kappa shape index (κ2) is 4.45. The molecular weight excluding hydrogens is 206 g/mol. The highest BCUT2D eigenvalue weighted by molar-refractivity contribution is 5.31. The van der Waals surface area contributed by atoms with Crippen LogP contribution in [0.3, 0.4) is 0 Å². The van der Waals surface area contributed by atoms with Crippen LogP contribution in [-0.4, -0.2) is 0 Å². The quantitative estimate of drug-likeness (QED) is 0.836. The molecule has 1 saturated carbocycles. The molecule has 1 unspecified atom stereocenters. The molecule has 0 heterocycles. The summed E-state index contributed by atoms with van der Waals surface area (Å²) in [5, 5.41) is 0. The average molecular weight is 231 g/mol. The molecule has 1 nitrogen and oxygen atoms in total. The van der Waals surface area contributed by atoms with E-state index in [1.807, 2.05) is 0 Å². The molecule has 1 aliphatic carbocycles. The summed E-state index contributed by atoms with van der Waals surface area (Å²) < 4.78 is 0. The molecule has 2 N–H and O–H groups in total. The third kappa shape index (κ3) is 2.71. The van der Waals surface area contributed by atoms with Crippen LogP contribution in [-0.2, 0) is 12.0 Å². The minimum absolute atomic E-state index is 0.0900. The summed E-state index contributed by atoms with van der Waals surface area (Å²) in [5.74, 6) is 0. The first-order valence-corrected chi connectivity index (χ1v) is 6.83. The molecule has 0 spiro atoms. The van der Waals surface area contributed by atoms with Crippen molar-refractivity contribution in [1.82, 2.24) is 0 Å². The summed E-state index contributed by atoms with van der Waals surface area (Å²) >= 11 is 0. The molecule has 1 fully saturated rings. The van der Waals surface area contributed by atoms with Crippen molar-refractivity contribution in [2.45, 2.75) is 58.4 Å². The average Bonchev–Trinajstić information content (AvgIpc) is 2.55. The Morgan fingerprint density at radius 1 is 1.24 bits per heavy atom. The Morgan fingerprint density at radius 2 is 2.00 bits per heavy atom. The lowest BCUT2D eigenvalue weighted by atomic mass is 9.83. The lowest BCUT2D eigenvalue weighted by molar-refractivity contribution is 0.339. The molecule has 1 aliphatic rings. The van der Waals surface area contributed by atoms with Crippen molar-refractivity contribution in [2.75, 3.05) is 0 Å². The molecular formula is C16H25N. The largest absolute Gasteiger partial charge is 0.321 e. The van der Waals surface area contributed by atoms with Gasteiger partial charge in [-0.25, -0.2) is 0 Å². The Kier molecular flexibility index (Phi) is 3.31. The van der Waals surface area contributed by atoms with Crippen LogP contribution in [0.2, 0.25) is 0 Å². The van der Waals surface area contributed by atoms with Gasteiger partial charge in [0.1, 0.15) is 0 Å². The molecule has 1 heteroatoms. The van der Waals surface area contributed by atoms with E-state index in [2.05, 4.69) is 45.0 Å². The Hall–Kier alpha value is -0.820. The predicted molar refractivity (Wildman–Crippen MR) is 73.9 cm³/mol. The van der Waals surface area contributed by atoms with Crippen LogP contribution in [0, 0.1) is 5.41 Å². The van der Waals surface area contributed by atoms with Gasteiger partial charge in [0.15, 0.2) is 0 Å². The number of rotatable bonds is 3. The number of hydrogen-bond acceptors (Lipinski definition) is 1. The van der Waals surface area contributed by atoms with E-state index >= 15 is 0 Å². The maximum absolute atomic E-state index is 6.62. The van der Waals surface area contributed by atoms with Crippen molar-refractivity contribution in [2.24, 2.45) is 11.1 Å². The third-order valence-electron chi connectivity index (χ3n) is 4.08. The maximum atomic E-state index is 6.62. The van der Waals surface area contributed by atoms with Gasteiger partial charge >= 0.3 is 0 Å². The normalized spacial score (nSPS) is 27.3. The fourth-order valence-corrected chi connectivity index (χ4v) is 3.16. The van der Waals surface area contributed by atoms with Gasteiger partial charge in [-0.2, -0.15) is 0 Å². The maximum Gasteiger partial charge on any atom is 0.0415 e. The van der Waals surface area contributed by atoms with Crippen LogP contribution in [0.15, 0.2) is 24.3 Å². The van der Waals surface area contributed by atoms with Crippen LogP contribution >= 0.6 is 0 Å². The molecule has 0 bridgehead atoms. The zero-order valence-corrected chi connectivity index (χ0v) is 11.4. The van der Waals surface area contributed by atoms with Crippen molar-refractivity contribution in [3.05, 3.63) is 35.4 Å². The summed E-state index contributed by atoms with van der Waals surface area (Å²) in [6.07, 6.45) is 5.83. The highest BCUT2D eigenvalue weighted by Gasteiger charge is 2.41. The van der Waals surface area contributed by atoms with Crippen LogP contribution in [0.4, 0.5) is 0 Å². The Bertz CT molecular complexity index is 394. The minimum atomic E-state index is -0.0900. The van der Waals surface area contributed by atoms with Gasteiger partial charge in [-0.1, -0.05) is 51.5 Å². The van der Waals surface area contributed by atoms with E-state index in [4.69, 9.17) is 5.73 Å². The Labute approximate surface area is 105 Å². The van der Waals surface area contributed by atoms with E-state index < -0.39 is 0 Å². The molecule has 0 amide bonds. The van der Waals surface area contributed by atoms with Crippen LogP contribution in [0.25, 0.3) is 0 Å². The van der Waals surface area contributed by atoms with Crippen molar-refractivity contribution in [3.8, 4) is 0 Å². The second-order valence-electron chi connectivity index (χ2n) is 6.45. The van der Waals surface area contributed by atoms with Crippen molar-refractivity contribution < 1.29 is 0 Å². The molecule has 1 aromatic carbocycles. The van der Waals surface area contributed by atoms with E-state index in [1.165, 1.54) is 24.0 Å². The van der Waals surface area contributed by atoms with E-state index in [-0.39, 0.29) is 5.54 Å². The van der Waals surface area contributed by atoms with E-state index in [0.29, 0.717) is 5.41 Å². The summed E-state index contributed by atoms with van der Waals surface area (Å²) in [4.78, 5) is 0. The zero-order chi connectivity index (χ0) is 12.5. The van der Waals surface area contributed by atoms with Gasteiger partial charge < -0.3 is 5.73 Å². The smallest absolute Gasteiger partial charge is 0.0415 e. The fraction of sp³-hybridized carbons (Fsp3) is 0.625. The lowest BCUT2D eigenvalue weighted by Crippen LogP contribution is -2.34. The number of hydrogen-bond donors (Lipinski definition) is 1. The van der Waals surface area contributed by atoms with Gasteiger partial charge in [0.25, 0.3) is 0 Å². The molecule has 0 aliphatic heterocycles. The van der Waals surface area contributed by atoms with E-state index in [9.17, 15) is 0 Å². The van der Waals surface area contributed by atoms with Crippen LogP contribution < -0.4 is 5.73 Å². The molecule has 17 heavy (non-hydrogen) atoms. The second-order valence-corrected chi connectivity index (χ2v) is 6.45. The van der Waals surface area contributed by atoms with Crippen molar-refractivity contribution >= 4 is 0 Å². The molecule has 2 rings (SSSR count). The van der Waals surface area contributed by atoms with E-state index in [0.717, 1.165) is 19.3 Å². The topological polar surface area (TPSA) is 26.0 Å². The van der Waals surface area contributed by atoms with Gasteiger partial charge in [-0.3, -0.25) is 0 Å². The lowest BCUT2D eigenvalue weighted by Gasteiger charge is -2.27. The monoisotopic (exact) mass is 231 g/mol. The summed E-state index contributed by atoms with van der Waals surface area (Å²) in [6, 6.07) is 8.92. The minimum Gasteiger partial charge on any atom is -0.321 e. The van der Waals surface area contributed by atoms with Gasteiger partial charge in [0, 0.05) is 5.54 Å². The van der Waals surface area contributed by atoms with Gasteiger partial charge in [-0.15, -0.1) is 0 Å². The summed E-state index contributed by atoms with van der Waals surface area (Å²) in [6.45, 7) is 6.89. The first-order valence-electron chi connectivity index (χ1n) is 6.83. The summed E-state index contributed by atoms with van der Waals surface area (Å²) in [5.41, 5.74) is 9.70. The molecule has 1 aromatic rings. The zero-order valence-electron chi connectivity index (χ0n) is 11.4.